The van der Waals surface area contributed by atoms with E-state index in [1.807, 2.05) is 12.1 Å². The highest BCUT2D eigenvalue weighted by Crippen LogP contribution is 2.24. The van der Waals surface area contributed by atoms with Gasteiger partial charge in [0.1, 0.15) is 0 Å². The summed E-state index contributed by atoms with van der Waals surface area (Å²) >= 11 is 5.81. The van der Waals surface area contributed by atoms with Gasteiger partial charge >= 0.3 is 0 Å². The quantitative estimate of drug-likeness (QED) is 0.784. The van der Waals surface area contributed by atoms with E-state index in [2.05, 4.69) is 19.2 Å². The van der Waals surface area contributed by atoms with E-state index in [1.54, 1.807) is 19.1 Å². The molecule has 0 bridgehead atoms. The molecule has 108 valence electrons. The van der Waals surface area contributed by atoms with Crippen LogP contribution < -0.4 is 5.32 Å². The Labute approximate surface area is 121 Å². The van der Waals surface area contributed by atoms with E-state index >= 15 is 0 Å². The summed E-state index contributed by atoms with van der Waals surface area (Å²) in [7, 11) is -3.21. The fourth-order valence-electron chi connectivity index (χ4n) is 1.90. The first-order valence-electron chi connectivity index (χ1n) is 6.56. The maximum atomic E-state index is 12.1. The van der Waals surface area contributed by atoms with Gasteiger partial charge in [0.15, 0.2) is 9.84 Å². The lowest BCUT2D eigenvalue weighted by molar-refractivity contribution is 0.512. The Morgan fingerprint density at radius 1 is 1.26 bits per heavy atom. The summed E-state index contributed by atoms with van der Waals surface area (Å²) in [6, 6.07) is 7.23. The SMILES string of the molecule is CCS(=O)(=O)c1ccccc1NC(CCCl)C(C)C. The maximum Gasteiger partial charge on any atom is 0.180 e. The zero-order valence-electron chi connectivity index (χ0n) is 11.7. The van der Waals surface area contributed by atoms with Crippen molar-refractivity contribution in [3.05, 3.63) is 24.3 Å². The molecule has 19 heavy (non-hydrogen) atoms. The molecule has 0 radical (unpaired) electrons. The summed E-state index contributed by atoms with van der Waals surface area (Å²) in [5, 5.41) is 3.32. The first-order chi connectivity index (χ1) is 8.92. The van der Waals surface area contributed by atoms with Crippen molar-refractivity contribution in [2.45, 2.75) is 38.1 Å². The fourth-order valence-corrected chi connectivity index (χ4v) is 3.20. The largest absolute Gasteiger partial charge is 0.381 e. The van der Waals surface area contributed by atoms with E-state index in [4.69, 9.17) is 11.6 Å². The van der Waals surface area contributed by atoms with Gasteiger partial charge in [0, 0.05) is 11.9 Å². The zero-order valence-corrected chi connectivity index (χ0v) is 13.3. The molecule has 0 saturated carbocycles. The molecule has 0 aliphatic heterocycles. The molecule has 0 amide bonds. The Kier molecular flexibility index (Phi) is 6.14. The van der Waals surface area contributed by atoms with E-state index in [9.17, 15) is 8.42 Å². The molecule has 0 aliphatic carbocycles. The van der Waals surface area contributed by atoms with Gasteiger partial charge in [-0.3, -0.25) is 0 Å². The third-order valence-electron chi connectivity index (χ3n) is 3.17. The number of sulfone groups is 1. The molecule has 0 heterocycles. The summed E-state index contributed by atoms with van der Waals surface area (Å²) in [4.78, 5) is 0.373. The van der Waals surface area contributed by atoms with Crippen LogP contribution >= 0.6 is 11.6 Å². The van der Waals surface area contributed by atoms with Crippen molar-refractivity contribution in [2.24, 2.45) is 5.92 Å². The average molecular weight is 304 g/mol. The molecule has 0 spiro atoms. The predicted octanol–water partition coefficient (Wildman–Crippen LogP) is 3.55. The molecule has 0 fully saturated rings. The maximum absolute atomic E-state index is 12.1. The molecule has 0 saturated heterocycles. The van der Waals surface area contributed by atoms with Crippen molar-refractivity contribution in [2.75, 3.05) is 16.9 Å². The van der Waals surface area contributed by atoms with E-state index in [0.29, 0.717) is 22.4 Å². The summed E-state index contributed by atoms with van der Waals surface area (Å²) < 4.78 is 24.1. The minimum atomic E-state index is -3.21. The van der Waals surface area contributed by atoms with Gasteiger partial charge in [-0.1, -0.05) is 32.9 Å². The normalized spacial score (nSPS) is 13.5. The Balaban J connectivity index is 3.07. The van der Waals surface area contributed by atoms with Crippen LogP contribution in [0.4, 0.5) is 5.69 Å². The Morgan fingerprint density at radius 2 is 1.89 bits per heavy atom. The van der Waals surface area contributed by atoms with Gasteiger partial charge in [-0.15, -0.1) is 11.6 Å². The lowest BCUT2D eigenvalue weighted by atomic mass is 10.0. The highest BCUT2D eigenvalue weighted by atomic mass is 35.5. The molecule has 1 rings (SSSR count). The Morgan fingerprint density at radius 3 is 2.42 bits per heavy atom. The van der Waals surface area contributed by atoms with Gasteiger partial charge in [0.05, 0.1) is 16.3 Å². The van der Waals surface area contributed by atoms with Gasteiger partial charge in [-0.25, -0.2) is 8.42 Å². The fraction of sp³-hybridized carbons (Fsp3) is 0.571. The topological polar surface area (TPSA) is 46.2 Å². The van der Waals surface area contributed by atoms with Crippen molar-refractivity contribution in [3.8, 4) is 0 Å². The minimum Gasteiger partial charge on any atom is -0.381 e. The second kappa shape index (κ2) is 7.15. The standard InChI is InChI=1S/C14H22ClNO2S/c1-4-19(17,18)14-8-6-5-7-13(14)16-12(9-10-15)11(2)3/h5-8,11-12,16H,4,9-10H2,1-3H3. The van der Waals surface area contributed by atoms with Gasteiger partial charge in [-0.2, -0.15) is 0 Å². The third kappa shape index (κ3) is 4.39. The van der Waals surface area contributed by atoms with Crippen molar-refractivity contribution in [1.29, 1.82) is 0 Å². The lowest BCUT2D eigenvalue weighted by Gasteiger charge is -2.24. The molecule has 1 N–H and O–H groups in total. The number of para-hydroxylation sites is 1. The minimum absolute atomic E-state index is 0.105. The number of hydrogen-bond donors (Lipinski definition) is 1. The van der Waals surface area contributed by atoms with Crippen LogP contribution in [0, 0.1) is 5.92 Å². The van der Waals surface area contributed by atoms with E-state index in [0.717, 1.165) is 6.42 Å². The third-order valence-corrected chi connectivity index (χ3v) is 5.17. The van der Waals surface area contributed by atoms with Gasteiger partial charge in [-0.05, 0) is 24.5 Å². The molecule has 1 unspecified atom stereocenters. The Hall–Kier alpha value is -0.740. The number of benzene rings is 1. The summed E-state index contributed by atoms with van der Waals surface area (Å²) in [5.41, 5.74) is 0.674. The van der Waals surface area contributed by atoms with Crippen LogP contribution in [-0.2, 0) is 9.84 Å². The van der Waals surface area contributed by atoms with Crippen LogP contribution in [0.1, 0.15) is 27.2 Å². The van der Waals surface area contributed by atoms with Gasteiger partial charge in [0.2, 0.25) is 0 Å². The number of anilines is 1. The van der Waals surface area contributed by atoms with Crippen LogP contribution in [0.3, 0.4) is 0 Å². The summed E-state index contributed by atoms with van der Waals surface area (Å²) in [6.45, 7) is 5.85. The second-order valence-electron chi connectivity index (χ2n) is 4.87. The van der Waals surface area contributed by atoms with Crippen LogP contribution in [0.15, 0.2) is 29.2 Å². The Bertz CT molecular complexity index is 500. The van der Waals surface area contributed by atoms with Crippen molar-refractivity contribution >= 4 is 27.1 Å². The smallest absolute Gasteiger partial charge is 0.180 e. The van der Waals surface area contributed by atoms with Gasteiger partial charge in [0.25, 0.3) is 0 Å². The van der Waals surface area contributed by atoms with Crippen LogP contribution in [0.25, 0.3) is 0 Å². The highest BCUT2D eigenvalue weighted by Gasteiger charge is 2.19. The first-order valence-corrected chi connectivity index (χ1v) is 8.75. The van der Waals surface area contributed by atoms with E-state index in [1.165, 1.54) is 0 Å². The summed E-state index contributed by atoms with van der Waals surface area (Å²) in [6.07, 6.45) is 0.805. The molecule has 3 nitrogen and oxygen atoms in total. The lowest BCUT2D eigenvalue weighted by Crippen LogP contribution is -2.27. The monoisotopic (exact) mass is 303 g/mol. The molecule has 5 heteroatoms. The van der Waals surface area contributed by atoms with Crippen molar-refractivity contribution in [3.63, 3.8) is 0 Å². The highest BCUT2D eigenvalue weighted by molar-refractivity contribution is 7.91. The van der Waals surface area contributed by atoms with Gasteiger partial charge < -0.3 is 5.32 Å². The van der Waals surface area contributed by atoms with Crippen molar-refractivity contribution in [1.82, 2.24) is 0 Å². The molecule has 0 aliphatic rings. The number of alkyl halides is 1. The van der Waals surface area contributed by atoms with E-state index < -0.39 is 9.84 Å². The molecule has 1 atom stereocenters. The van der Waals surface area contributed by atoms with Crippen LogP contribution in [0.2, 0.25) is 0 Å². The van der Waals surface area contributed by atoms with Crippen LogP contribution in [-0.4, -0.2) is 26.1 Å². The summed E-state index contributed by atoms with van der Waals surface area (Å²) in [5.74, 6) is 1.04. The average Bonchev–Trinajstić information content (AvgIpc) is 2.38. The first kappa shape index (κ1) is 16.3. The number of halogens is 1. The zero-order chi connectivity index (χ0) is 14.5. The molecular formula is C14H22ClNO2S. The second-order valence-corrected chi connectivity index (χ2v) is 7.50. The number of nitrogens with one attached hydrogen (secondary N) is 1. The number of hydrogen-bond acceptors (Lipinski definition) is 3. The van der Waals surface area contributed by atoms with Crippen molar-refractivity contribution < 1.29 is 8.42 Å². The van der Waals surface area contributed by atoms with Crippen LogP contribution in [0.5, 0.6) is 0 Å². The predicted molar refractivity (Wildman–Crippen MR) is 81.8 cm³/mol. The molecular weight excluding hydrogens is 282 g/mol. The molecule has 1 aromatic rings. The van der Waals surface area contributed by atoms with E-state index in [-0.39, 0.29) is 11.8 Å². The molecule has 1 aromatic carbocycles. The molecule has 0 aromatic heterocycles. The number of rotatable bonds is 7.